The zero-order valence-electron chi connectivity index (χ0n) is 18.2. The molecule has 172 valence electrons. The Morgan fingerprint density at radius 1 is 1.12 bits per heavy atom. The fraction of sp³-hybridized carbons (Fsp3) is 0.591. The molecule has 1 N–H and O–H groups in total. The number of aromatic nitrogens is 4. The van der Waals surface area contributed by atoms with Crippen molar-refractivity contribution in [1.29, 1.82) is 0 Å². The molecular weight excluding hydrogens is 412 g/mol. The number of hydrogen-bond acceptors (Lipinski definition) is 7. The number of hydrogen-bond donors (Lipinski definition) is 1. The lowest BCUT2D eigenvalue weighted by Crippen LogP contribution is -2.46. The fourth-order valence-corrected chi connectivity index (χ4v) is 4.34. The Labute approximate surface area is 187 Å². The highest BCUT2D eigenvalue weighted by Gasteiger charge is 2.36. The van der Waals surface area contributed by atoms with Crippen molar-refractivity contribution in [1.82, 2.24) is 30.4 Å². The Kier molecular flexibility index (Phi) is 7.31. The van der Waals surface area contributed by atoms with Gasteiger partial charge in [0, 0.05) is 31.7 Å². The number of tetrazole rings is 1. The summed E-state index contributed by atoms with van der Waals surface area (Å²) >= 11 is 0. The molecule has 2 aliphatic rings. The third-order valence-electron chi connectivity index (χ3n) is 6.31. The number of nitrogens with zero attached hydrogens (tertiary/aromatic N) is 5. The molecule has 1 aromatic carbocycles. The normalized spacial score (nSPS) is 20.0. The number of piperidine rings is 1. The molecule has 0 radical (unpaired) electrons. The number of benzene rings is 1. The van der Waals surface area contributed by atoms with E-state index >= 15 is 0 Å². The molecule has 0 atom stereocenters. The summed E-state index contributed by atoms with van der Waals surface area (Å²) in [6, 6.07) is 7.34. The quantitative estimate of drug-likeness (QED) is 0.746. The molecule has 2 aliphatic heterocycles. The highest BCUT2D eigenvalue weighted by atomic mass is 16.5. The first kappa shape index (κ1) is 22.2. The number of para-hydroxylation sites is 1. The van der Waals surface area contributed by atoms with E-state index in [1.165, 1.54) is 11.0 Å². The number of amides is 2. The van der Waals surface area contributed by atoms with Crippen LogP contribution in [0, 0.1) is 5.41 Å². The van der Waals surface area contributed by atoms with Crippen molar-refractivity contribution >= 4 is 11.8 Å². The number of carbonyl (C=O) groups is 2. The summed E-state index contributed by atoms with van der Waals surface area (Å²) in [7, 11) is 0. The van der Waals surface area contributed by atoms with Crippen molar-refractivity contribution in [2.24, 2.45) is 5.41 Å². The third kappa shape index (κ3) is 5.61. The van der Waals surface area contributed by atoms with Gasteiger partial charge in [-0.1, -0.05) is 18.6 Å². The standard InChI is InChI=1S/C22H30N6O4/c29-20(15-28-17-24-25-26-28)27-11-8-22(9-12-27)7-3-4-13-31-14-10-23-21(30)18-5-1-2-6-19(18)32-16-22/h1-2,5-6,17H,3-4,7-16H2,(H,23,30). The molecule has 1 spiro atoms. The summed E-state index contributed by atoms with van der Waals surface area (Å²) in [5.41, 5.74) is 0.494. The lowest BCUT2D eigenvalue weighted by Gasteiger charge is -2.42. The van der Waals surface area contributed by atoms with Crippen LogP contribution >= 0.6 is 0 Å². The molecule has 1 aromatic heterocycles. The molecule has 2 aromatic rings. The second-order valence-electron chi connectivity index (χ2n) is 8.50. The maximum atomic E-state index is 12.6. The van der Waals surface area contributed by atoms with E-state index in [-0.39, 0.29) is 23.8 Å². The van der Waals surface area contributed by atoms with Crippen molar-refractivity contribution in [2.75, 3.05) is 39.5 Å². The Balaban J connectivity index is 1.43. The summed E-state index contributed by atoms with van der Waals surface area (Å²) in [5.74, 6) is 0.460. The van der Waals surface area contributed by atoms with E-state index in [1.807, 2.05) is 23.1 Å². The third-order valence-corrected chi connectivity index (χ3v) is 6.31. The number of carbonyl (C=O) groups excluding carboxylic acids is 2. The van der Waals surface area contributed by atoms with Crippen LogP contribution in [0.2, 0.25) is 0 Å². The summed E-state index contributed by atoms with van der Waals surface area (Å²) < 4.78 is 13.4. The van der Waals surface area contributed by atoms with E-state index < -0.39 is 0 Å². The number of rotatable bonds is 2. The number of nitrogens with one attached hydrogen (secondary N) is 1. The van der Waals surface area contributed by atoms with Crippen LogP contribution in [-0.2, 0) is 16.1 Å². The van der Waals surface area contributed by atoms with Gasteiger partial charge in [0.15, 0.2) is 0 Å². The molecular formula is C22H30N6O4. The summed E-state index contributed by atoms with van der Waals surface area (Å²) in [5, 5.41) is 13.8. The SMILES string of the molecule is O=C1NCCOCCCCC2(CCN(C(=O)Cn3cnnn3)CC2)COc2ccccc21. The highest BCUT2D eigenvalue weighted by Crippen LogP contribution is 2.38. The first-order valence-electron chi connectivity index (χ1n) is 11.2. The average molecular weight is 443 g/mol. The first-order chi connectivity index (χ1) is 15.7. The van der Waals surface area contributed by atoms with E-state index in [4.69, 9.17) is 9.47 Å². The van der Waals surface area contributed by atoms with E-state index in [0.717, 1.165) is 32.1 Å². The zero-order chi connectivity index (χ0) is 22.2. The van der Waals surface area contributed by atoms with Gasteiger partial charge in [0.25, 0.3) is 5.91 Å². The maximum Gasteiger partial charge on any atom is 0.255 e. The van der Waals surface area contributed by atoms with E-state index in [1.54, 1.807) is 6.07 Å². The van der Waals surface area contributed by atoms with Gasteiger partial charge >= 0.3 is 0 Å². The van der Waals surface area contributed by atoms with Crippen LogP contribution in [0.3, 0.4) is 0 Å². The fourth-order valence-electron chi connectivity index (χ4n) is 4.34. The van der Waals surface area contributed by atoms with Gasteiger partial charge < -0.3 is 19.7 Å². The summed E-state index contributed by atoms with van der Waals surface area (Å²) in [6.45, 7) is 3.67. The highest BCUT2D eigenvalue weighted by molar-refractivity contribution is 5.96. The molecule has 4 rings (SSSR count). The minimum Gasteiger partial charge on any atom is -0.492 e. The van der Waals surface area contributed by atoms with Gasteiger partial charge in [-0.25, -0.2) is 4.68 Å². The van der Waals surface area contributed by atoms with Gasteiger partial charge in [0.1, 0.15) is 18.6 Å². The Morgan fingerprint density at radius 2 is 1.97 bits per heavy atom. The lowest BCUT2D eigenvalue weighted by molar-refractivity contribution is -0.135. The van der Waals surface area contributed by atoms with Gasteiger partial charge in [0.05, 0.1) is 18.8 Å². The number of likely N-dealkylation sites (tertiary alicyclic amines) is 1. The molecule has 0 saturated carbocycles. The second-order valence-corrected chi connectivity index (χ2v) is 8.50. The monoisotopic (exact) mass is 442 g/mol. The van der Waals surface area contributed by atoms with Crippen molar-refractivity contribution < 1.29 is 19.1 Å². The number of ether oxygens (including phenoxy) is 2. The Morgan fingerprint density at radius 3 is 2.78 bits per heavy atom. The molecule has 2 amide bonds. The smallest absolute Gasteiger partial charge is 0.255 e. The minimum atomic E-state index is -0.154. The first-order valence-corrected chi connectivity index (χ1v) is 11.2. The largest absolute Gasteiger partial charge is 0.492 e. The van der Waals surface area contributed by atoms with Crippen LogP contribution in [0.5, 0.6) is 5.75 Å². The molecule has 1 saturated heterocycles. The molecule has 1 fully saturated rings. The van der Waals surface area contributed by atoms with Gasteiger partial charge in [-0.2, -0.15) is 0 Å². The van der Waals surface area contributed by atoms with Crippen LogP contribution in [0.15, 0.2) is 30.6 Å². The lowest BCUT2D eigenvalue weighted by atomic mass is 9.75. The maximum absolute atomic E-state index is 12.6. The van der Waals surface area contributed by atoms with E-state index in [0.29, 0.717) is 50.8 Å². The average Bonchev–Trinajstić information content (AvgIpc) is 3.32. The van der Waals surface area contributed by atoms with Crippen molar-refractivity contribution in [3.8, 4) is 5.75 Å². The van der Waals surface area contributed by atoms with Crippen LogP contribution in [0.4, 0.5) is 0 Å². The zero-order valence-corrected chi connectivity index (χ0v) is 18.2. The van der Waals surface area contributed by atoms with Crippen LogP contribution in [-0.4, -0.2) is 76.4 Å². The predicted molar refractivity (Wildman–Crippen MR) is 115 cm³/mol. The summed E-state index contributed by atoms with van der Waals surface area (Å²) in [6.07, 6.45) is 6.15. The summed E-state index contributed by atoms with van der Waals surface area (Å²) in [4.78, 5) is 27.1. The van der Waals surface area contributed by atoms with E-state index in [2.05, 4.69) is 20.8 Å². The van der Waals surface area contributed by atoms with Crippen LogP contribution < -0.4 is 10.1 Å². The van der Waals surface area contributed by atoms with Crippen molar-refractivity contribution in [3.05, 3.63) is 36.2 Å². The van der Waals surface area contributed by atoms with E-state index in [9.17, 15) is 9.59 Å². The van der Waals surface area contributed by atoms with Gasteiger partial charge in [-0.05, 0) is 48.2 Å². The molecule has 0 aliphatic carbocycles. The van der Waals surface area contributed by atoms with Gasteiger partial charge in [-0.15, -0.1) is 5.10 Å². The Bertz CT molecular complexity index is 896. The molecule has 0 unspecified atom stereocenters. The van der Waals surface area contributed by atoms with Crippen molar-refractivity contribution in [2.45, 2.75) is 38.6 Å². The second kappa shape index (κ2) is 10.5. The van der Waals surface area contributed by atoms with Crippen molar-refractivity contribution in [3.63, 3.8) is 0 Å². The van der Waals surface area contributed by atoms with Gasteiger partial charge in [-0.3, -0.25) is 9.59 Å². The van der Waals surface area contributed by atoms with Gasteiger partial charge in [0.2, 0.25) is 5.91 Å². The van der Waals surface area contributed by atoms with Crippen LogP contribution in [0.25, 0.3) is 0 Å². The number of fused-ring (bicyclic) bond motifs is 1. The Hall–Kier alpha value is -3.01. The molecule has 10 heteroatoms. The van der Waals surface area contributed by atoms with Crippen LogP contribution in [0.1, 0.15) is 42.5 Å². The molecule has 0 bridgehead atoms. The molecule has 32 heavy (non-hydrogen) atoms. The molecule has 10 nitrogen and oxygen atoms in total. The minimum absolute atomic E-state index is 0.0179. The predicted octanol–water partition coefficient (Wildman–Crippen LogP) is 1.29. The molecule has 3 heterocycles. The topological polar surface area (TPSA) is 111 Å².